The third kappa shape index (κ3) is 8.69. The van der Waals surface area contributed by atoms with E-state index < -0.39 is 10.0 Å². The lowest BCUT2D eigenvalue weighted by Gasteiger charge is -2.46. The van der Waals surface area contributed by atoms with Crippen LogP contribution < -0.4 is 9.47 Å². The van der Waals surface area contributed by atoms with E-state index in [4.69, 9.17) is 19.5 Å². The highest BCUT2D eigenvalue weighted by Gasteiger charge is 2.34. The van der Waals surface area contributed by atoms with Crippen LogP contribution in [0.4, 0.5) is 0 Å². The largest absolute Gasteiger partial charge is 0.494 e. The second kappa shape index (κ2) is 13.2. The lowest BCUT2D eigenvalue weighted by molar-refractivity contribution is -0.138. The molecule has 4 rings (SSSR count). The maximum absolute atomic E-state index is 12.3. The lowest BCUT2D eigenvalue weighted by atomic mass is 10.1. The van der Waals surface area contributed by atoms with Gasteiger partial charge in [0.05, 0.1) is 36.7 Å². The number of para-hydroxylation sites is 1. The molecule has 2 bridgehead atoms. The fraction of sp³-hybridized carbons (Fsp3) is 0.519. The molecular weight excluding hydrogens is 492 g/mol. The summed E-state index contributed by atoms with van der Waals surface area (Å²) in [5.41, 5.74) is 0.627. The van der Waals surface area contributed by atoms with Crippen LogP contribution in [0.3, 0.4) is 0 Å². The zero-order valence-electron chi connectivity index (χ0n) is 21.4. The number of hydrogen-bond donors (Lipinski definition) is 0. The van der Waals surface area contributed by atoms with Crippen molar-refractivity contribution in [2.45, 2.75) is 18.6 Å². The first-order valence-corrected chi connectivity index (χ1v) is 14.6. The second-order valence-corrected chi connectivity index (χ2v) is 11.5. The Balaban J connectivity index is 1.16. The van der Waals surface area contributed by atoms with Crippen molar-refractivity contribution in [2.75, 3.05) is 71.8 Å². The quantitative estimate of drug-likeness (QED) is 0.365. The number of nitrogens with zero attached hydrogens (tertiary/aromatic N) is 4. The molecule has 2 heterocycles. The van der Waals surface area contributed by atoms with Crippen LogP contribution in [0, 0.1) is 11.3 Å². The van der Waals surface area contributed by atoms with E-state index in [0.717, 1.165) is 50.6 Å². The molecule has 37 heavy (non-hydrogen) atoms. The van der Waals surface area contributed by atoms with Gasteiger partial charge >= 0.3 is 0 Å². The van der Waals surface area contributed by atoms with E-state index >= 15 is 0 Å². The first-order valence-electron chi connectivity index (χ1n) is 12.7. The van der Waals surface area contributed by atoms with Gasteiger partial charge in [0.15, 0.2) is 0 Å². The van der Waals surface area contributed by atoms with E-state index in [1.807, 2.05) is 42.5 Å². The highest BCUT2D eigenvalue weighted by Crippen LogP contribution is 2.20. The Labute approximate surface area is 220 Å². The summed E-state index contributed by atoms with van der Waals surface area (Å²) < 4.78 is 43.8. The Morgan fingerprint density at radius 3 is 2.11 bits per heavy atom. The van der Waals surface area contributed by atoms with Crippen molar-refractivity contribution in [2.24, 2.45) is 0 Å². The van der Waals surface area contributed by atoms with Gasteiger partial charge in [-0.3, -0.25) is 9.80 Å². The van der Waals surface area contributed by atoms with Gasteiger partial charge in [-0.1, -0.05) is 18.2 Å². The van der Waals surface area contributed by atoms with Crippen molar-refractivity contribution in [3.05, 3.63) is 60.2 Å². The molecule has 2 aliphatic heterocycles. The van der Waals surface area contributed by atoms with Gasteiger partial charge in [-0.15, -0.1) is 0 Å². The monoisotopic (exact) mass is 528 g/mol. The summed E-state index contributed by atoms with van der Waals surface area (Å²) in [4.78, 5) is 4.75. The standard InChI is InChI=1S/C27H36N4O5S/c1-37(32,33)31(15-17-35-24-6-3-2-4-7-24)14-13-30-21-26-19-29(20-27(22-30)36-26)12-5-16-34-25-10-8-23(18-28)9-11-25/h2-4,6-11,26-27H,5,12-17,19-22H2,1H3. The average molecular weight is 529 g/mol. The highest BCUT2D eigenvalue weighted by atomic mass is 32.2. The number of hydrogen-bond acceptors (Lipinski definition) is 8. The van der Waals surface area contributed by atoms with Crippen molar-refractivity contribution in [1.82, 2.24) is 14.1 Å². The van der Waals surface area contributed by atoms with Gasteiger partial charge < -0.3 is 14.2 Å². The molecular formula is C27H36N4O5S. The Bertz CT molecular complexity index is 1110. The topological polar surface area (TPSA) is 95.3 Å². The van der Waals surface area contributed by atoms with E-state index in [0.29, 0.717) is 38.4 Å². The van der Waals surface area contributed by atoms with Crippen LogP contribution in [0.25, 0.3) is 0 Å². The van der Waals surface area contributed by atoms with E-state index in [-0.39, 0.29) is 12.2 Å². The fourth-order valence-electron chi connectivity index (χ4n) is 4.81. The molecule has 0 spiro atoms. The molecule has 2 aromatic carbocycles. The predicted octanol–water partition coefficient (Wildman–Crippen LogP) is 2.05. The van der Waals surface area contributed by atoms with Crippen molar-refractivity contribution >= 4 is 10.0 Å². The summed E-state index contributed by atoms with van der Waals surface area (Å²) >= 11 is 0. The summed E-state index contributed by atoms with van der Waals surface area (Å²) in [6.45, 7) is 6.64. The number of sulfonamides is 1. The molecule has 10 heteroatoms. The summed E-state index contributed by atoms with van der Waals surface area (Å²) in [6, 6.07) is 18.7. The third-order valence-electron chi connectivity index (χ3n) is 6.59. The van der Waals surface area contributed by atoms with Crippen LogP contribution in [-0.2, 0) is 14.8 Å². The van der Waals surface area contributed by atoms with Gasteiger partial charge in [0, 0.05) is 52.4 Å². The maximum Gasteiger partial charge on any atom is 0.211 e. The van der Waals surface area contributed by atoms with Crippen molar-refractivity contribution < 1.29 is 22.6 Å². The Hall–Kier alpha value is -2.68. The minimum atomic E-state index is -3.32. The van der Waals surface area contributed by atoms with Gasteiger partial charge in [-0.2, -0.15) is 9.57 Å². The molecule has 2 unspecified atom stereocenters. The summed E-state index contributed by atoms with van der Waals surface area (Å²) in [6.07, 6.45) is 2.42. The van der Waals surface area contributed by atoms with E-state index in [9.17, 15) is 8.42 Å². The molecule has 2 aromatic rings. The van der Waals surface area contributed by atoms with Crippen LogP contribution in [0.1, 0.15) is 12.0 Å². The normalized spacial score (nSPS) is 20.5. The van der Waals surface area contributed by atoms with E-state index in [1.165, 1.54) is 10.6 Å². The molecule has 200 valence electrons. The van der Waals surface area contributed by atoms with E-state index in [1.54, 1.807) is 12.1 Å². The number of ether oxygens (including phenoxy) is 3. The Morgan fingerprint density at radius 1 is 0.892 bits per heavy atom. The van der Waals surface area contributed by atoms with Crippen LogP contribution in [0.2, 0.25) is 0 Å². The Morgan fingerprint density at radius 2 is 1.49 bits per heavy atom. The molecule has 2 aliphatic rings. The van der Waals surface area contributed by atoms with E-state index in [2.05, 4.69) is 15.9 Å². The van der Waals surface area contributed by atoms with Crippen LogP contribution >= 0.6 is 0 Å². The van der Waals surface area contributed by atoms with Gasteiger partial charge in [-0.05, 0) is 42.8 Å². The second-order valence-electron chi connectivity index (χ2n) is 9.56. The molecule has 0 saturated carbocycles. The summed E-state index contributed by atoms with van der Waals surface area (Å²) in [7, 11) is -3.32. The minimum Gasteiger partial charge on any atom is -0.494 e. The van der Waals surface area contributed by atoms with Crippen molar-refractivity contribution in [3.63, 3.8) is 0 Å². The maximum atomic E-state index is 12.3. The van der Waals surface area contributed by atoms with Crippen LogP contribution in [0.15, 0.2) is 54.6 Å². The molecule has 2 saturated heterocycles. The van der Waals surface area contributed by atoms with Crippen molar-refractivity contribution in [1.29, 1.82) is 5.26 Å². The zero-order chi connectivity index (χ0) is 26.1. The first-order chi connectivity index (χ1) is 17.9. The zero-order valence-corrected chi connectivity index (χ0v) is 22.2. The van der Waals surface area contributed by atoms with Gasteiger partial charge in [0.1, 0.15) is 18.1 Å². The third-order valence-corrected chi connectivity index (χ3v) is 7.89. The lowest BCUT2D eigenvalue weighted by Crippen LogP contribution is -2.60. The number of benzene rings is 2. The predicted molar refractivity (Wildman–Crippen MR) is 141 cm³/mol. The number of fused-ring (bicyclic) bond motifs is 2. The Kier molecular flexibility index (Phi) is 9.77. The molecule has 2 fully saturated rings. The molecule has 0 radical (unpaired) electrons. The first kappa shape index (κ1) is 27.4. The highest BCUT2D eigenvalue weighted by molar-refractivity contribution is 7.88. The van der Waals surface area contributed by atoms with Gasteiger partial charge in [0.25, 0.3) is 0 Å². The molecule has 0 amide bonds. The number of nitriles is 1. The SMILES string of the molecule is CS(=O)(=O)N(CCOc1ccccc1)CCN1CC2CN(CCCOc3ccc(C#N)cc3)CC(C1)O2. The molecule has 0 aromatic heterocycles. The van der Waals surface area contributed by atoms with Gasteiger partial charge in [0.2, 0.25) is 10.0 Å². The smallest absolute Gasteiger partial charge is 0.211 e. The van der Waals surface area contributed by atoms with Crippen LogP contribution in [-0.4, -0.2) is 107 Å². The molecule has 9 nitrogen and oxygen atoms in total. The number of rotatable bonds is 13. The molecule has 0 N–H and O–H groups in total. The minimum absolute atomic E-state index is 0.125. The summed E-state index contributed by atoms with van der Waals surface area (Å²) in [5, 5.41) is 8.88. The summed E-state index contributed by atoms with van der Waals surface area (Å²) in [5.74, 6) is 1.52. The fourth-order valence-corrected chi connectivity index (χ4v) is 5.63. The van der Waals surface area contributed by atoms with Crippen molar-refractivity contribution in [3.8, 4) is 17.6 Å². The molecule has 0 aliphatic carbocycles. The van der Waals surface area contributed by atoms with Crippen LogP contribution in [0.5, 0.6) is 11.5 Å². The number of morpholine rings is 2. The molecule has 2 atom stereocenters. The van der Waals surface area contributed by atoms with Gasteiger partial charge in [-0.25, -0.2) is 8.42 Å². The average Bonchev–Trinajstić information content (AvgIpc) is 2.88.